The first-order valence-electron chi connectivity index (χ1n) is 7.55. The lowest BCUT2D eigenvalue weighted by atomic mass is 10.5. The van der Waals surface area contributed by atoms with E-state index >= 15 is 0 Å². The SMILES string of the molecule is CCO[Si](OC)C(CC)NC(C)S[Si](OC)(OC)C(C)OC. The molecule has 0 spiro atoms. The van der Waals surface area contributed by atoms with E-state index in [2.05, 4.69) is 19.2 Å². The third-order valence-corrected chi connectivity index (χ3v) is 12.7. The van der Waals surface area contributed by atoms with Gasteiger partial charge in [0.1, 0.15) is 5.73 Å². The number of ether oxygens (including phenoxy) is 1. The van der Waals surface area contributed by atoms with Crippen molar-refractivity contribution in [3.63, 3.8) is 0 Å². The van der Waals surface area contributed by atoms with Crippen molar-refractivity contribution < 1.29 is 22.4 Å². The highest BCUT2D eigenvalue weighted by Crippen LogP contribution is 2.30. The number of methoxy groups -OCH3 is 1. The molecule has 22 heavy (non-hydrogen) atoms. The van der Waals surface area contributed by atoms with Gasteiger partial charge in [-0.25, -0.2) is 0 Å². The number of nitrogens with one attached hydrogen (secondary N) is 1. The van der Waals surface area contributed by atoms with Crippen molar-refractivity contribution in [2.45, 2.75) is 50.9 Å². The summed E-state index contributed by atoms with van der Waals surface area (Å²) in [4.78, 5) is 0. The molecule has 3 unspecified atom stereocenters. The van der Waals surface area contributed by atoms with Crippen LogP contribution < -0.4 is 5.32 Å². The van der Waals surface area contributed by atoms with Crippen LogP contribution in [0.2, 0.25) is 0 Å². The fraction of sp³-hybridized carbons (Fsp3) is 1.00. The largest absolute Gasteiger partial charge is 0.436 e. The van der Waals surface area contributed by atoms with Crippen LogP contribution in [0.25, 0.3) is 0 Å². The van der Waals surface area contributed by atoms with E-state index in [4.69, 9.17) is 22.4 Å². The van der Waals surface area contributed by atoms with Crippen molar-refractivity contribution in [3.8, 4) is 0 Å². The summed E-state index contributed by atoms with van der Waals surface area (Å²) in [5.74, 6) is 0. The van der Waals surface area contributed by atoms with Crippen LogP contribution in [0.3, 0.4) is 0 Å². The predicted octanol–water partition coefficient (Wildman–Crippen LogP) is 1.95. The molecule has 0 fully saturated rings. The van der Waals surface area contributed by atoms with Crippen molar-refractivity contribution in [1.29, 1.82) is 0 Å². The third-order valence-electron chi connectivity index (χ3n) is 3.38. The molecule has 0 aliphatic rings. The van der Waals surface area contributed by atoms with E-state index < -0.39 is 17.0 Å². The van der Waals surface area contributed by atoms with Crippen LogP contribution in [0, 0.1) is 0 Å². The molecule has 6 nitrogen and oxygen atoms in total. The summed E-state index contributed by atoms with van der Waals surface area (Å²) in [5.41, 5.74) is 0.131. The van der Waals surface area contributed by atoms with Gasteiger partial charge in [-0.2, -0.15) is 0 Å². The molecular formula is C13H32NO5SSi2. The molecule has 9 heteroatoms. The minimum Gasteiger partial charge on any atom is -0.396 e. The van der Waals surface area contributed by atoms with E-state index in [0.717, 1.165) is 6.42 Å². The maximum Gasteiger partial charge on any atom is 0.436 e. The minimum absolute atomic E-state index is 0.0732. The van der Waals surface area contributed by atoms with Crippen LogP contribution in [0.15, 0.2) is 0 Å². The minimum atomic E-state index is -2.49. The van der Waals surface area contributed by atoms with Crippen molar-refractivity contribution in [2.75, 3.05) is 35.0 Å². The molecule has 0 heterocycles. The molecule has 3 atom stereocenters. The van der Waals surface area contributed by atoms with Gasteiger partial charge in [0, 0.05) is 40.4 Å². The lowest BCUT2D eigenvalue weighted by Gasteiger charge is -2.34. The third kappa shape index (κ3) is 6.58. The quantitative estimate of drug-likeness (QED) is 0.393. The monoisotopic (exact) mass is 370 g/mol. The molecule has 0 amide bonds. The molecule has 0 aromatic rings. The van der Waals surface area contributed by atoms with Gasteiger partial charge in [0.05, 0.1) is 5.67 Å². The molecular weight excluding hydrogens is 338 g/mol. The van der Waals surface area contributed by atoms with Crippen LogP contribution in [0.4, 0.5) is 0 Å². The summed E-state index contributed by atoms with van der Waals surface area (Å²) in [7, 11) is 2.94. The number of rotatable bonds is 13. The van der Waals surface area contributed by atoms with Crippen LogP contribution in [0.1, 0.15) is 34.1 Å². The molecule has 0 bridgehead atoms. The Morgan fingerprint density at radius 2 is 1.68 bits per heavy atom. The Morgan fingerprint density at radius 1 is 1.09 bits per heavy atom. The topological polar surface area (TPSA) is 58.2 Å². The molecule has 0 aliphatic carbocycles. The number of hydrogen-bond donors (Lipinski definition) is 1. The second-order valence-corrected chi connectivity index (χ2v) is 13.0. The molecule has 0 rings (SSSR count). The Balaban J connectivity index is 4.82. The highest BCUT2D eigenvalue weighted by molar-refractivity contribution is 8.27. The van der Waals surface area contributed by atoms with Gasteiger partial charge < -0.3 is 27.8 Å². The van der Waals surface area contributed by atoms with Gasteiger partial charge in [0.2, 0.25) is 0 Å². The van der Waals surface area contributed by atoms with Gasteiger partial charge in [-0.15, -0.1) is 11.2 Å². The molecule has 0 saturated carbocycles. The fourth-order valence-corrected chi connectivity index (χ4v) is 9.19. The first kappa shape index (κ1) is 22.5. The lowest BCUT2D eigenvalue weighted by molar-refractivity contribution is 0.120. The van der Waals surface area contributed by atoms with Gasteiger partial charge in [-0.1, -0.05) is 6.92 Å². The predicted molar refractivity (Wildman–Crippen MR) is 94.9 cm³/mol. The second-order valence-electron chi connectivity index (χ2n) is 4.73. The van der Waals surface area contributed by atoms with Crippen LogP contribution in [-0.2, 0) is 22.4 Å². The van der Waals surface area contributed by atoms with Gasteiger partial charge >= 0.3 is 17.0 Å². The highest BCUT2D eigenvalue weighted by atomic mass is 32.4. The van der Waals surface area contributed by atoms with Crippen molar-refractivity contribution in [2.24, 2.45) is 0 Å². The van der Waals surface area contributed by atoms with Crippen molar-refractivity contribution in [1.82, 2.24) is 5.32 Å². The molecule has 0 aromatic heterocycles. The van der Waals surface area contributed by atoms with Crippen molar-refractivity contribution in [3.05, 3.63) is 0 Å². The summed E-state index contributed by atoms with van der Waals surface area (Å²) in [6.07, 6.45) is 0.946. The summed E-state index contributed by atoms with van der Waals surface area (Å²) in [6, 6.07) is 0. The Labute approximate surface area is 142 Å². The Kier molecular flexibility index (Phi) is 12.3. The van der Waals surface area contributed by atoms with Crippen LogP contribution in [-0.4, -0.2) is 68.8 Å². The normalized spacial score (nSPS) is 16.8. The van der Waals surface area contributed by atoms with Crippen LogP contribution >= 0.6 is 11.2 Å². The zero-order valence-electron chi connectivity index (χ0n) is 15.1. The van der Waals surface area contributed by atoms with Gasteiger partial charge in [-0.3, -0.25) is 0 Å². The smallest absolute Gasteiger partial charge is 0.396 e. The van der Waals surface area contributed by atoms with Gasteiger partial charge in [0.15, 0.2) is 0 Å². The Hall–Kier alpha value is 0.544. The second kappa shape index (κ2) is 12.0. The average molecular weight is 371 g/mol. The van der Waals surface area contributed by atoms with Crippen LogP contribution in [0.5, 0.6) is 0 Å². The summed E-state index contributed by atoms with van der Waals surface area (Å²) in [5, 5.41) is 3.73. The molecule has 0 aromatic carbocycles. The molecule has 1 radical (unpaired) electrons. The average Bonchev–Trinajstić information content (AvgIpc) is 2.54. The molecule has 133 valence electrons. The van der Waals surface area contributed by atoms with E-state index in [1.807, 2.05) is 13.8 Å². The highest BCUT2D eigenvalue weighted by Gasteiger charge is 2.46. The standard InChI is InChI=1S/C13H32NO5SSi2/c1-9-13(21(16-6)19-10-2)14-11(3)20-22(17-7,18-8)12(4)15-5/h11-14H,9-10H2,1-8H3. The Morgan fingerprint density at radius 3 is 2.05 bits per heavy atom. The molecule has 1 N–H and O–H groups in total. The van der Waals surface area contributed by atoms with Crippen molar-refractivity contribution >= 4 is 28.2 Å². The summed E-state index contributed by atoms with van der Waals surface area (Å²) < 4.78 is 28.2. The maximum absolute atomic E-state index is 5.73. The lowest BCUT2D eigenvalue weighted by Crippen LogP contribution is -2.54. The maximum atomic E-state index is 5.73. The molecule has 0 saturated heterocycles. The Bertz CT molecular complexity index is 287. The molecule has 0 aliphatic heterocycles. The van der Waals surface area contributed by atoms with E-state index in [1.54, 1.807) is 39.7 Å². The summed E-state index contributed by atoms with van der Waals surface area (Å²) >= 11 is 1.68. The zero-order valence-corrected chi connectivity index (χ0v) is 17.9. The van der Waals surface area contributed by atoms with E-state index in [9.17, 15) is 0 Å². The zero-order chi connectivity index (χ0) is 17.2. The van der Waals surface area contributed by atoms with Gasteiger partial charge in [-0.05, 0) is 27.2 Å². The van der Waals surface area contributed by atoms with E-state index in [0.29, 0.717) is 6.61 Å². The first-order valence-corrected chi connectivity index (χ1v) is 12.4. The first-order chi connectivity index (χ1) is 10.4. The number of hydrogen-bond acceptors (Lipinski definition) is 7. The van der Waals surface area contributed by atoms with E-state index in [-0.39, 0.29) is 16.8 Å². The van der Waals surface area contributed by atoms with Gasteiger partial charge in [0.25, 0.3) is 0 Å². The van der Waals surface area contributed by atoms with E-state index in [1.165, 1.54) is 0 Å². The summed E-state index contributed by atoms with van der Waals surface area (Å²) in [6.45, 7) is 8.88. The fourth-order valence-electron chi connectivity index (χ4n) is 2.11.